The quantitative estimate of drug-likeness (QED) is 0.749. The van der Waals surface area contributed by atoms with E-state index in [2.05, 4.69) is 4.74 Å². The van der Waals surface area contributed by atoms with Gasteiger partial charge >= 0.3 is 5.97 Å². The number of benzene rings is 1. The van der Waals surface area contributed by atoms with E-state index in [9.17, 15) is 15.0 Å². The Kier molecular flexibility index (Phi) is 3.73. The van der Waals surface area contributed by atoms with Crippen molar-refractivity contribution >= 4 is 5.97 Å². The monoisotopic (exact) mass is 226 g/mol. The first-order valence-corrected chi connectivity index (χ1v) is 4.65. The molecule has 88 valence electrons. The van der Waals surface area contributed by atoms with E-state index in [-0.39, 0.29) is 17.1 Å². The highest BCUT2D eigenvalue weighted by Crippen LogP contribution is 2.36. The van der Waals surface area contributed by atoms with E-state index in [1.807, 2.05) is 0 Å². The van der Waals surface area contributed by atoms with Gasteiger partial charge in [-0.2, -0.15) is 0 Å². The lowest BCUT2D eigenvalue weighted by molar-refractivity contribution is -0.150. The van der Waals surface area contributed by atoms with Crippen molar-refractivity contribution in [3.63, 3.8) is 0 Å². The van der Waals surface area contributed by atoms with Gasteiger partial charge in [-0.3, -0.25) is 0 Å². The van der Waals surface area contributed by atoms with Crippen LogP contribution in [0, 0.1) is 6.92 Å². The number of esters is 1. The summed E-state index contributed by atoms with van der Waals surface area (Å²) >= 11 is 0. The lowest BCUT2D eigenvalue weighted by Gasteiger charge is -2.16. The molecule has 0 amide bonds. The zero-order valence-electron chi connectivity index (χ0n) is 9.35. The maximum Gasteiger partial charge on any atom is 0.339 e. The number of hydrogen-bond donors (Lipinski definition) is 2. The number of carbonyl (C=O) groups excluding carboxylic acids is 1. The minimum atomic E-state index is -1.47. The van der Waals surface area contributed by atoms with Crippen LogP contribution >= 0.6 is 0 Å². The molecule has 5 nitrogen and oxygen atoms in total. The molecular formula is C11H14O5. The lowest BCUT2D eigenvalue weighted by Crippen LogP contribution is -2.15. The number of phenolic OH excluding ortho intramolecular Hbond substituents is 1. The van der Waals surface area contributed by atoms with Gasteiger partial charge in [-0.25, -0.2) is 4.79 Å². The average molecular weight is 226 g/mol. The largest absolute Gasteiger partial charge is 0.504 e. The van der Waals surface area contributed by atoms with E-state index < -0.39 is 12.1 Å². The van der Waals surface area contributed by atoms with Crippen molar-refractivity contribution in [2.75, 3.05) is 14.2 Å². The molecule has 1 atom stereocenters. The molecule has 0 bridgehead atoms. The molecule has 0 aliphatic carbocycles. The fourth-order valence-electron chi connectivity index (χ4n) is 1.47. The summed E-state index contributed by atoms with van der Waals surface area (Å²) in [7, 11) is 2.53. The molecule has 1 aromatic carbocycles. The van der Waals surface area contributed by atoms with Gasteiger partial charge in [-0.1, -0.05) is 6.07 Å². The summed E-state index contributed by atoms with van der Waals surface area (Å²) in [5.74, 6) is -0.851. The summed E-state index contributed by atoms with van der Waals surface area (Å²) in [6.45, 7) is 1.70. The minimum Gasteiger partial charge on any atom is -0.504 e. The van der Waals surface area contributed by atoms with E-state index in [0.717, 1.165) is 0 Å². The van der Waals surface area contributed by atoms with Gasteiger partial charge in [0, 0.05) is 5.56 Å². The predicted octanol–water partition coefficient (Wildman–Crippen LogP) is 0.916. The van der Waals surface area contributed by atoms with Gasteiger partial charge in [0.2, 0.25) is 0 Å². The fourth-order valence-corrected chi connectivity index (χ4v) is 1.47. The molecule has 2 N–H and O–H groups in total. The van der Waals surface area contributed by atoms with Gasteiger partial charge in [0.15, 0.2) is 17.6 Å². The summed E-state index contributed by atoms with van der Waals surface area (Å²) in [5, 5.41) is 19.3. The van der Waals surface area contributed by atoms with E-state index in [1.165, 1.54) is 20.3 Å². The van der Waals surface area contributed by atoms with Crippen molar-refractivity contribution < 1.29 is 24.5 Å². The summed E-state index contributed by atoms with van der Waals surface area (Å²) in [5.41, 5.74) is 0.849. The summed E-state index contributed by atoms with van der Waals surface area (Å²) in [6, 6.07) is 3.01. The SMILES string of the molecule is COC(=O)C(O)c1c(C)ccc(O)c1OC. The molecule has 0 aliphatic heterocycles. The van der Waals surface area contributed by atoms with Crippen molar-refractivity contribution in [1.29, 1.82) is 0 Å². The second-order valence-electron chi connectivity index (χ2n) is 3.27. The van der Waals surface area contributed by atoms with Crippen LogP contribution < -0.4 is 4.74 Å². The molecule has 0 aliphatic rings. The molecule has 5 heteroatoms. The fraction of sp³-hybridized carbons (Fsp3) is 0.364. The number of hydrogen-bond acceptors (Lipinski definition) is 5. The van der Waals surface area contributed by atoms with Crippen LogP contribution in [0.25, 0.3) is 0 Å². The Morgan fingerprint density at radius 1 is 1.38 bits per heavy atom. The number of aliphatic hydroxyl groups excluding tert-OH is 1. The van der Waals surface area contributed by atoms with Gasteiger partial charge in [0.1, 0.15) is 0 Å². The van der Waals surface area contributed by atoms with Gasteiger partial charge in [-0.15, -0.1) is 0 Å². The Morgan fingerprint density at radius 3 is 2.50 bits per heavy atom. The topological polar surface area (TPSA) is 76.0 Å². The van der Waals surface area contributed by atoms with E-state index >= 15 is 0 Å². The van der Waals surface area contributed by atoms with Crippen LogP contribution in [0.15, 0.2) is 12.1 Å². The number of aromatic hydroxyl groups is 1. The molecule has 0 saturated heterocycles. The van der Waals surface area contributed by atoms with Crippen LogP contribution in [0.5, 0.6) is 11.5 Å². The number of aliphatic hydroxyl groups is 1. The van der Waals surface area contributed by atoms with Gasteiger partial charge in [0.05, 0.1) is 14.2 Å². The highest BCUT2D eigenvalue weighted by atomic mass is 16.5. The Morgan fingerprint density at radius 2 is 2.00 bits per heavy atom. The molecule has 0 fully saturated rings. The van der Waals surface area contributed by atoms with Gasteiger partial charge in [-0.05, 0) is 18.6 Å². The highest BCUT2D eigenvalue weighted by Gasteiger charge is 2.25. The average Bonchev–Trinajstić information content (AvgIpc) is 2.29. The second-order valence-corrected chi connectivity index (χ2v) is 3.27. The molecule has 1 rings (SSSR count). The Balaban J connectivity index is 3.30. The summed E-state index contributed by atoms with van der Waals surface area (Å²) in [6.07, 6.45) is -1.47. The molecule has 0 radical (unpaired) electrons. The third-order valence-electron chi connectivity index (χ3n) is 2.30. The first kappa shape index (κ1) is 12.3. The lowest BCUT2D eigenvalue weighted by atomic mass is 10.0. The third-order valence-corrected chi connectivity index (χ3v) is 2.30. The minimum absolute atomic E-state index is 0.0814. The van der Waals surface area contributed by atoms with Gasteiger partial charge < -0.3 is 19.7 Å². The first-order valence-electron chi connectivity index (χ1n) is 4.65. The number of methoxy groups -OCH3 is 2. The number of ether oxygens (including phenoxy) is 2. The standard InChI is InChI=1S/C11H14O5/c1-6-4-5-7(12)10(15-2)8(6)9(13)11(14)16-3/h4-5,9,12-13H,1-3H3. The van der Waals surface area contributed by atoms with Crippen molar-refractivity contribution in [2.45, 2.75) is 13.0 Å². The smallest absolute Gasteiger partial charge is 0.339 e. The summed E-state index contributed by atoms with van der Waals surface area (Å²) in [4.78, 5) is 11.2. The number of phenols is 1. The highest BCUT2D eigenvalue weighted by molar-refractivity contribution is 5.78. The van der Waals surface area contributed by atoms with E-state index in [1.54, 1.807) is 13.0 Å². The zero-order valence-corrected chi connectivity index (χ0v) is 9.35. The molecule has 0 spiro atoms. The normalized spacial score (nSPS) is 12.0. The molecule has 0 saturated carbocycles. The molecular weight excluding hydrogens is 212 g/mol. The van der Waals surface area contributed by atoms with E-state index in [0.29, 0.717) is 5.56 Å². The van der Waals surface area contributed by atoms with Crippen molar-refractivity contribution in [1.82, 2.24) is 0 Å². The first-order chi connectivity index (χ1) is 7.52. The summed E-state index contributed by atoms with van der Waals surface area (Å²) < 4.78 is 9.39. The third kappa shape index (κ3) is 2.09. The van der Waals surface area contributed by atoms with Crippen molar-refractivity contribution in [3.8, 4) is 11.5 Å². The van der Waals surface area contributed by atoms with Crippen molar-refractivity contribution in [3.05, 3.63) is 23.3 Å². The Labute approximate surface area is 93.2 Å². The molecule has 0 aromatic heterocycles. The number of carbonyl (C=O) groups is 1. The van der Waals surface area contributed by atoms with Crippen LogP contribution in [0.2, 0.25) is 0 Å². The second kappa shape index (κ2) is 4.85. The van der Waals surface area contributed by atoms with Crippen molar-refractivity contribution in [2.24, 2.45) is 0 Å². The van der Waals surface area contributed by atoms with Crippen LogP contribution in [-0.2, 0) is 9.53 Å². The molecule has 16 heavy (non-hydrogen) atoms. The van der Waals surface area contributed by atoms with Crippen LogP contribution in [0.3, 0.4) is 0 Å². The Bertz CT molecular complexity index is 400. The predicted molar refractivity (Wildman–Crippen MR) is 56.4 cm³/mol. The Hall–Kier alpha value is -1.75. The van der Waals surface area contributed by atoms with Crippen LogP contribution in [0.4, 0.5) is 0 Å². The van der Waals surface area contributed by atoms with Crippen LogP contribution in [-0.4, -0.2) is 30.4 Å². The maximum absolute atomic E-state index is 11.2. The van der Waals surface area contributed by atoms with Crippen LogP contribution in [0.1, 0.15) is 17.2 Å². The van der Waals surface area contributed by atoms with Gasteiger partial charge in [0.25, 0.3) is 0 Å². The zero-order chi connectivity index (χ0) is 12.3. The number of rotatable bonds is 3. The maximum atomic E-state index is 11.2. The molecule has 0 heterocycles. The molecule has 1 aromatic rings. The number of aryl methyl sites for hydroxylation is 1. The molecule has 1 unspecified atom stereocenters. The van der Waals surface area contributed by atoms with E-state index in [4.69, 9.17) is 4.74 Å².